The van der Waals surface area contributed by atoms with E-state index in [0.717, 1.165) is 38.3 Å². The molecule has 1 aromatic carbocycles. The molecule has 3 rings (SSSR count). The van der Waals surface area contributed by atoms with Crippen LogP contribution in [-0.4, -0.2) is 54.6 Å². The van der Waals surface area contributed by atoms with Crippen molar-refractivity contribution in [3.8, 4) is 0 Å². The molecule has 1 atom stereocenters. The Kier molecular flexibility index (Phi) is 5.91. The van der Waals surface area contributed by atoms with Gasteiger partial charge in [-0.05, 0) is 44.5 Å². The maximum absolute atomic E-state index is 13.9. The van der Waals surface area contributed by atoms with Gasteiger partial charge >= 0.3 is 0 Å². The van der Waals surface area contributed by atoms with Crippen LogP contribution in [0.2, 0.25) is 5.02 Å². The van der Waals surface area contributed by atoms with Gasteiger partial charge in [-0.25, -0.2) is 4.39 Å². The molecule has 2 aliphatic rings. The van der Waals surface area contributed by atoms with Crippen molar-refractivity contribution in [2.75, 3.05) is 32.7 Å². The molecule has 0 radical (unpaired) electrons. The van der Waals surface area contributed by atoms with E-state index in [2.05, 4.69) is 22.0 Å². The lowest BCUT2D eigenvalue weighted by Crippen LogP contribution is -2.57. The molecule has 1 N–H and O–H groups in total. The van der Waals surface area contributed by atoms with Crippen molar-refractivity contribution in [2.24, 2.45) is 0 Å². The molecule has 3 nitrogen and oxygen atoms in total. The molecular formula is C18H27ClFN3. The Bertz CT molecular complexity index is 517. The molecule has 0 aromatic heterocycles. The van der Waals surface area contributed by atoms with Crippen LogP contribution in [0, 0.1) is 5.82 Å². The summed E-state index contributed by atoms with van der Waals surface area (Å²) >= 11 is 5.83. The highest BCUT2D eigenvalue weighted by Crippen LogP contribution is 2.23. The number of nitrogens with zero attached hydrogens (tertiary/aromatic N) is 2. The Hall–Kier alpha value is -0.680. The van der Waals surface area contributed by atoms with Crippen molar-refractivity contribution in [1.29, 1.82) is 0 Å². The summed E-state index contributed by atoms with van der Waals surface area (Å²) in [5.74, 6) is -0.187. The lowest BCUT2D eigenvalue weighted by molar-refractivity contribution is 0.0541. The molecule has 0 aliphatic carbocycles. The summed E-state index contributed by atoms with van der Waals surface area (Å²) in [4.78, 5) is 5.07. The summed E-state index contributed by atoms with van der Waals surface area (Å²) in [5.41, 5.74) is 0.751. The molecule has 23 heavy (non-hydrogen) atoms. The molecule has 128 valence electrons. The fourth-order valence-electron chi connectivity index (χ4n) is 3.94. The summed E-state index contributed by atoms with van der Waals surface area (Å²) in [6.45, 7) is 8.45. The standard InChI is InChI=1S/C18H27ClFN3/c1-2-16-12-21-7-10-23(16)17-5-8-22(9-6-17)13-14-3-4-15(19)11-18(14)20/h3-4,11,16-17,21H,2,5-10,12-13H2,1H3. The summed E-state index contributed by atoms with van der Waals surface area (Å²) < 4.78 is 13.9. The van der Waals surface area contributed by atoms with Crippen molar-refractivity contribution in [3.05, 3.63) is 34.6 Å². The number of hydrogen-bond acceptors (Lipinski definition) is 3. The number of likely N-dealkylation sites (tertiary alicyclic amines) is 1. The maximum atomic E-state index is 13.9. The third-order valence-corrected chi connectivity index (χ3v) is 5.54. The first-order chi connectivity index (χ1) is 11.2. The van der Waals surface area contributed by atoms with E-state index >= 15 is 0 Å². The number of nitrogens with one attached hydrogen (secondary N) is 1. The fourth-order valence-corrected chi connectivity index (χ4v) is 4.09. The Labute approximate surface area is 143 Å². The zero-order valence-corrected chi connectivity index (χ0v) is 14.7. The Morgan fingerprint density at radius 1 is 1.26 bits per heavy atom. The summed E-state index contributed by atoms with van der Waals surface area (Å²) in [7, 11) is 0. The average Bonchev–Trinajstić information content (AvgIpc) is 2.58. The van der Waals surface area contributed by atoms with Crippen molar-refractivity contribution in [2.45, 2.75) is 44.8 Å². The molecule has 1 unspecified atom stereocenters. The number of piperidine rings is 1. The van der Waals surface area contributed by atoms with Crippen LogP contribution in [0.15, 0.2) is 18.2 Å². The second kappa shape index (κ2) is 7.93. The van der Waals surface area contributed by atoms with Gasteiger partial charge in [0.25, 0.3) is 0 Å². The third kappa shape index (κ3) is 4.24. The van der Waals surface area contributed by atoms with Crippen LogP contribution >= 0.6 is 11.6 Å². The van der Waals surface area contributed by atoms with E-state index in [-0.39, 0.29) is 5.82 Å². The first kappa shape index (κ1) is 17.2. The van der Waals surface area contributed by atoms with Crippen molar-refractivity contribution < 1.29 is 4.39 Å². The van der Waals surface area contributed by atoms with Crippen LogP contribution < -0.4 is 5.32 Å². The van der Waals surface area contributed by atoms with Gasteiger partial charge in [0.05, 0.1) is 0 Å². The second-order valence-electron chi connectivity index (χ2n) is 6.75. The lowest BCUT2D eigenvalue weighted by atomic mass is 9.98. The van der Waals surface area contributed by atoms with E-state index in [4.69, 9.17) is 11.6 Å². The minimum Gasteiger partial charge on any atom is -0.314 e. The molecule has 2 fully saturated rings. The van der Waals surface area contributed by atoms with Gasteiger partial charge < -0.3 is 5.32 Å². The van der Waals surface area contributed by atoms with E-state index in [9.17, 15) is 4.39 Å². The summed E-state index contributed by atoms with van der Waals surface area (Å²) in [6.07, 6.45) is 3.58. The van der Waals surface area contributed by atoms with Gasteiger partial charge in [-0.15, -0.1) is 0 Å². The highest BCUT2D eigenvalue weighted by Gasteiger charge is 2.30. The first-order valence-corrected chi connectivity index (χ1v) is 9.18. The van der Waals surface area contributed by atoms with E-state index in [1.165, 1.54) is 25.3 Å². The van der Waals surface area contributed by atoms with Gasteiger partial charge in [-0.3, -0.25) is 9.80 Å². The number of hydrogen-bond donors (Lipinski definition) is 1. The fraction of sp³-hybridized carbons (Fsp3) is 0.667. The molecule has 1 aromatic rings. The Morgan fingerprint density at radius 2 is 2.04 bits per heavy atom. The maximum Gasteiger partial charge on any atom is 0.129 e. The van der Waals surface area contributed by atoms with Gasteiger partial charge in [0.15, 0.2) is 0 Å². The topological polar surface area (TPSA) is 18.5 Å². The smallest absolute Gasteiger partial charge is 0.129 e. The largest absolute Gasteiger partial charge is 0.314 e. The van der Waals surface area contributed by atoms with Crippen molar-refractivity contribution >= 4 is 11.6 Å². The van der Waals surface area contributed by atoms with Crippen molar-refractivity contribution in [1.82, 2.24) is 15.1 Å². The van der Waals surface area contributed by atoms with Crippen LogP contribution in [0.25, 0.3) is 0 Å². The van der Waals surface area contributed by atoms with Crippen LogP contribution in [0.1, 0.15) is 31.7 Å². The number of halogens is 2. The van der Waals surface area contributed by atoms with Crippen LogP contribution in [0.4, 0.5) is 4.39 Å². The van der Waals surface area contributed by atoms with E-state index < -0.39 is 0 Å². The van der Waals surface area contributed by atoms with Gasteiger partial charge in [0.1, 0.15) is 5.82 Å². The van der Waals surface area contributed by atoms with Crippen LogP contribution in [-0.2, 0) is 6.54 Å². The first-order valence-electron chi connectivity index (χ1n) is 8.80. The summed E-state index contributed by atoms with van der Waals surface area (Å²) in [6, 6.07) is 6.37. The van der Waals surface area contributed by atoms with Crippen LogP contribution in [0.3, 0.4) is 0 Å². The summed E-state index contributed by atoms with van der Waals surface area (Å²) in [5, 5.41) is 3.97. The SMILES string of the molecule is CCC1CNCCN1C1CCN(Cc2ccc(Cl)cc2F)CC1. The number of benzene rings is 1. The van der Waals surface area contributed by atoms with Gasteiger partial charge in [0.2, 0.25) is 0 Å². The molecule has 0 bridgehead atoms. The lowest BCUT2D eigenvalue weighted by Gasteiger charge is -2.44. The van der Waals surface area contributed by atoms with Gasteiger partial charge in [-0.1, -0.05) is 24.6 Å². The third-order valence-electron chi connectivity index (χ3n) is 5.30. The van der Waals surface area contributed by atoms with Crippen molar-refractivity contribution in [3.63, 3.8) is 0 Å². The predicted octanol–water partition coefficient (Wildman–Crippen LogP) is 3.13. The predicted molar refractivity (Wildman–Crippen MR) is 93.4 cm³/mol. The Morgan fingerprint density at radius 3 is 2.74 bits per heavy atom. The van der Waals surface area contributed by atoms with E-state index in [0.29, 0.717) is 23.7 Å². The monoisotopic (exact) mass is 339 g/mol. The Balaban J connectivity index is 1.53. The molecular weight excluding hydrogens is 313 g/mol. The van der Waals surface area contributed by atoms with Gasteiger partial charge in [-0.2, -0.15) is 0 Å². The van der Waals surface area contributed by atoms with Gasteiger partial charge in [0, 0.05) is 48.8 Å². The second-order valence-corrected chi connectivity index (χ2v) is 7.18. The molecule has 0 saturated carbocycles. The molecule has 2 aliphatic heterocycles. The van der Waals surface area contributed by atoms with Crippen LogP contribution in [0.5, 0.6) is 0 Å². The molecule has 0 spiro atoms. The minimum absolute atomic E-state index is 0.187. The highest BCUT2D eigenvalue weighted by molar-refractivity contribution is 6.30. The normalized spacial score (nSPS) is 24.9. The average molecular weight is 340 g/mol. The minimum atomic E-state index is -0.187. The molecule has 2 saturated heterocycles. The molecule has 0 amide bonds. The van der Waals surface area contributed by atoms with E-state index in [1.807, 2.05) is 6.07 Å². The number of piperazine rings is 1. The quantitative estimate of drug-likeness (QED) is 0.909. The zero-order chi connectivity index (χ0) is 16.2. The molecule has 2 heterocycles. The zero-order valence-electron chi connectivity index (χ0n) is 13.9. The number of rotatable bonds is 4. The molecule has 5 heteroatoms. The highest BCUT2D eigenvalue weighted by atomic mass is 35.5. The van der Waals surface area contributed by atoms with E-state index in [1.54, 1.807) is 6.07 Å².